The number of nitrogens with zero attached hydrogens (tertiary/aromatic N) is 2. The number of pyridine rings is 1. The molecule has 2 heterocycles. The lowest BCUT2D eigenvalue weighted by atomic mass is 10.4. The first-order valence-electron chi connectivity index (χ1n) is 3.57. The number of hydrogen-bond acceptors (Lipinski definition) is 3. The van der Waals surface area contributed by atoms with Crippen LogP contribution in [0.15, 0.2) is 24.5 Å². The molecule has 2 N–H and O–H groups in total. The van der Waals surface area contributed by atoms with E-state index in [0.717, 1.165) is 5.52 Å². The third-order valence-electron chi connectivity index (χ3n) is 1.73. The molecule has 0 atom stereocenters. The van der Waals surface area contributed by atoms with Gasteiger partial charge < -0.3 is 10.2 Å². The number of aromatic nitrogens is 2. The van der Waals surface area contributed by atoms with E-state index < -0.39 is 0 Å². The molecule has 12 heavy (non-hydrogen) atoms. The van der Waals surface area contributed by atoms with Crippen LogP contribution in [-0.4, -0.2) is 19.6 Å². The molecular formula is C8H8N2O2. The number of aromatic hydroxyl groups is 1. The molecule has 0 saturated heterocycles. The van der Waals surface area contributed by atoms with Gasteiger partial charge >= 0.3 is 0 Å². The van der Waals surface area contributed by atoms with Crippen LogP contribution in [0, 0.1) is 0 Å². The standard InChI is InChI=1S/C8H8N2O2/c11-5-8-9-3-6-1-2-7(12)4-10(6)8/h1-4,11-12H,5H2. The lowest BCUT2D eigenvalue weighted by molar-refractivity contribution is 0.270. The van der Waals surface area contributed by atoms with Crippen molar-refractivity contribution in [1.29, 1.82) is 0 Å². The first kappa shape index (κ1) is 7.12. The minimum Gasteiger partial charge on any atom is -0.506 e. The Morgan fingerprint density at radius 1 is 1.42 bits per heavy atom. The Morgan fingerprint density at radius 2 is 2.25 bits per heavy atom. The molecule has 0 unspecified atom stereocenters. The smallest absolute Gasteiger partial charge is 0.139 e. The van der Waals surface area contributed by atoms with Crippen molar-refractivity contribution in [2.45, 2.75) is 6.61 Å². The second-order valence-electron chi connectivity index (χ2n) is 2.51. The molecule has 0 saturated carbocycles. The van der Waals surface area contributed by atoms with Gasteiger partial charge in [-0.05, 0) is 12.1 Å². The highest BCUT2D eigenvalue weighted by Crippen LogP contribution is 2.13. The summed E-state index contributed by atoms with van der Waals surface area (Å²) in [6, 6.07) is 3.32. The van der Waals surface area contributed by atoms with Crippen LogP contribution in [0.3, 0.4) is 0 Å². The summed E-state index contributed by atoms with van der Waals surface area (Å²) in [4.78, 5) is 3.96. The predicted molar refractivity (Wildman–Crippen MR) is 42.8 cm³/mol. The number of aliphatic hydroxyl groups is 1. The molecule has 4 nitrogen and oxygen atoms in total. The van der Waals surface area contributed by atoms with Gasteiger partial charge in [0.05, 0.1) is 17.9 Å². The van der Waals surface area contributed by atoms with Crippen molar-refractivity contribution in [1.82, 2.24) is 9.38 Å². The minimum absolute atomic E-state index is 0.127. The molecule has 0 spiro atoms. The van der Waals surface area contributed by atoms with Gasteiger partial charge in [0.1, 0.15) is 18.2 Å². The summed E-state index contributed by atoms with van der Waals surface area (Å²) < 4.78 is 1.65. The first-order valence-corrected chi connectivity index (χ1v) is 3.57. The van der Waals surface area contributed by atoms with Crippen LogP contribution in [0.1, 0.15) is 5.82 Å². The fourth-order valence-electron chi connectivity index (χ4n) is 1.15. The Morgan fingerprint density at radius 3 is 3.00 bits per heavy atom. The molecule has 2 rings (SSSR count). The third-order valence-corrected chi connectivity index (χ3v) is 1.73. The van der Waals surface area contributed by atoms with Crippen molar-refractivity contribution in [3.63, 3.8) is 0 Å². The summed E-state index contributed by atoms with van der Waals surface area (Å²) in [5.74, 6) is 0.691. The highest BCUT2D eigenvalue weighted by atomic mass is 16.3. The summed E-state index contributed by atoms with van der Waals surface area (Å²) in [5.41, 5.74) is 0.858. The normalized spacial score (nSPS) is 10.8. The topological polar surface area (TPSA) is 57.8 Å². The summed E-state index contributed by atoms with van der Waals surface area (Å²) in [5, 5.41) is 18.0. The van der Waals surface area contributed by atoms with Gasteiger partial charge in [0.15, 0.2) is 0 Å². The molecule has 62 valence electrons. The highest BCUT2D eigenvalue weighted by Gasteiger charge is 2.01. The lowest BCUT2D eigenvalue weighted by Gasteiger charge is -1.97. The highest BCUT2D eigenvalue weighted by molar-refractivity contribution is 5.47. The van der Waals surface area contributed by atoms with Gasteiger partial charge in [-0.2, -0.15) is 0 Å². The Hall–Kier alpha value is -1.55. The summed E-state index contributed by atoms with van der Waals surface area (Å²) >= 11 is 0. The maximum atomic E-state index is 9.14. The Bertz CT molecular complexity index is 408. The van der Waals surface area contributed by atoms with E-state index in [0.29, 0.717) is 5.82 Å². The summed E-state index contributed by atoms with van der Waals surface area (Å²) in [6.07, 6.45) is 3.17. The van der Waals surface area contributed by atoms with E-state index in [1.165, 1.54) is 6.20 Å². The number of fused-ring (bicyclic) bond motifs is 1. The zero-order valence-electron chi connectivity index (χ0n) is 6.31. The van der Waals surface area contributed by atoms with E-state index in [9.17, 15) is 0 Å². The summed E-state index contributed by atoms with van der Waals surface area (Å²) in [7, 11) is 0. The van der Waals surface area contributed by atoms with Gasteiger partial charge in [-0.1, -0.05) is 0 Å². The van der Waals surface area contributed by atoms with Gasteiger partial charge in [-0.15, -0.1) is 0 Å². The van der Waals surface area contributed by atoms with E-state index in [1.807, 2.05) is 0 Å². The number of rotatable bonds is 1. The molecule has 0 bridgehead atoms. The third kappa shape index (κ3) is 0.931. The fraction of sp³-hybridized carbons (Fsp3) is 0.125. The Labute approximate surface area is 68.7 Å². The maximum absolute atomic E-state index is 9.14. The SMILES string of the molecule is OCc1ncc2ccc(O)cn12. The van der Waals surface area contributed by atoms with Crippen LogP contribution in [-0.2, 0) is 6.61 Å². The molecule has 4 heteroatoms. The molecule has 0 amide bonds. The molecule has 2 aromatic heterocycles. The first-order chi connectivity index (χ1) is 5.81. The van der Waals surface area contributed by atoms with Crippen LogP contribution >= 0.6 is 0 Å². The van der Waals surface area contributed by atoms with E-state index >= 15 is 0 Å². The zero-order valence-corrected chi connectivity index (χ0v) is 6.31. The van der Waals surface area contributed by atoms with Crippen molar-refractivity contribution >= 4 is 5.52 Å². The van der Waals surface area contributed by atoms with E-state index in [1.54, 1.807) is 22.7 Å². The second kappa shape index (κ2) is 2.49. The van der Waals surface area contributed by atoms with Crippen molar-refractivity contribution in [2.75, 3.05) is 0 Å². The fourth-order valence-corrected chi connectivity index (χ4v) is 1.15. The quantitative estimate of drug-likeness (QED) is 0.646. The van der Waals surface area contributed by atoms with Crippen LogP contribution < -0.4 is 0 Å². The largest absolute Gasteiger partial charge is 0.506 e. The van der Waals surface area contributed by atoms with E-state index in [2.05, 4.69) is 4.98 Å². The van der Waals surface area contributed by atoms with Crippen molar-refractivity contribution in [3.05, 3.63) is 30.4 Å². The second-order valence-corrected chi connectivity index (χ2v) is 2.51. The van der Waals surface area contributed by atoms with Gasteiger partial charge in [-0.3, -0.25) is 4.40 Å². The Balaban J connectivity index is 2.75. The lowest BCUT2D eigenvalue weighted by Crippen LogP contribution is -1.92. The average Bonchev–Trinajstić information content (AvgIpc) is 2.46. The molecule has 0 radical (unpaired) electrons. The molecule has 0 aliphatic carbocycles. The maximum Gasteiger partial charge on any atom is 0.139 e. The molecule has 0 aromatic carbocycles. The number of imidazole rings is 1. The van der Waals surface area contributed by atoms with E-state index in [-0.39, 0.29) is 12.4 Å². The van der Waals surface area contributed by atoms with Gasteiger partial charge in [-0.25, -0.2) is 4.98 Å². The zero-order chi connectivity index (χ0) is 8.55. The van der Waals surface area contributed by atoms with Gasteiger partial charge in [0.25, 0.3) is 0 Å². The Kier molecular flexibility index (Phi) is 1.48. The predicted octanol–water partition coefficient (Wildman–Crippen LogP) is 0.532. The van der Waals surface area contributed by atoms with Crippen LogP contribution in [0.5, 0.6) is 5.75 Å². The average molecular weight is 164 g/mol. The van der Waals surface area contributed by atoms with E-state index in [4.69, 9.17) is 10.2 Å². The molecule has 2 aromatic rings. The molecule has 0 aliphatic heterocycles. The monoisotopic (exact) mass is 164 g/mol. The molecular weight excluding hydrogens is 156 g/mol. The van der Waals surface area contributed by atoms with Gasteiger partial charge in [0, 0.05) is 0 Å². The van der Waals surface area contributed by atoms with Crippen molar-refractivity contribution in [3.8, 4) is 5.75 Å². The van der Waals surface area contributed by atoms with Crippen LogP contribution in [0.25, 0.3) is 5.52 Å². The molecule has 0 fully saturated rings. The van der Waals surface area contributed by atoms with Crippen LogP contribution in [0.4, 0.5) is 0 Å². The minimum atomic E-state index is -0.127. The van der Waals surface area contributed by atoms with Gasteiger partial charge in [0.2, 0.25) is 0 Å². The molecule has 0 aliphatic rings. The number of aliphatic hydroxyl groups excluding tert-OH is 1. The number of hydrogen-bond donors (Lipinski definition) is 2. The van der Waals surface area contributed by atoms with Crippen molar-refractivity contribution < 1.29 is 10.2 Å². The summed E-state index contributed by atoms with van der Waals surface area (Å²) in [6.45, 7) is -0.127. The van der Waals surface area contributed by atoms with Crippen molar-refractivity contribution in [2.24, 2.45) is 0 Å². The van der Waals surface area contributed by atoms with Crippen LogP contribution in [0.2, 0.25) is 0 Å².